The molecule has 1 aromatic rings. The van der Waals surface area contributed by atoms with Crippen LogP contribution in [0.5, 0.6) is 0 Å². The number of rotatable bonds is 1. The molecule has 1 aromatic heterocycles. The number of epoxide rings is 1. The quantitative estimate of drug-likeness (QED) is 0.722. The Kier molecular flexibility index (Phi) is 1.66. The predicted octanol–water partition coefficient (Wildman–Crippen LogP) is 2.21. The van der Waals surface area contributed by atoms with Gasteiger partial charge in [0.15, 0.2) is 0 Å². The summed E-state index contributed by atoms with van der Waals surface area (Å²) in [7, 11) is 1.98. The van der Waals surface area contributed by atoms with Gasteiger partial charge < -0.3 is 4.74 Å². The maximum atomic E-state index is 5.83. The average molecular weight is 257 g/mol. The van der Waals surface area contributed by atoms with Crippen LogP contribution in [0, 0.1) is 5.92 Å². The number of fused-ring (bicyclic) bond motifs is 1. The van der Waals surface area contributed by atoms with E-state index in [9.17, 15) is 0 Å². The lowest BCUT2D eigenvalue weighted by atomic mass is 10.0. The zero-order valence-corrected chi connectivity index (χ0v) is 9.91. The lowest BCUT2D eigenvalue weighted by Crippen LogP contribution is -2.14. The summed E-state index contributed by atoms with van der Waals surface area (Å²) in [5.41, 5.74) is 1.20. The van der Waals surface area contributed by atoms with Crippen LogP contribution in [0.15, 0.2) is 10.7 Å². The lowest BCUT2D eigenvalue weighted by molar-refractivity contribution is 0.213. The van der Waals surface area contributed by atoms with Crippen LogP contribution in [0.4, 0.5) is 0 Å². The molecule has 3 atom stereocenters. The summed E-state index contributed by atoms with van der Waals surface area (Å²) in [4.78, 5) is 0. The lowest BCUT2D eigenvalue weighted by Gasteiger charge is -2.12. The van der Waals surface area contributed by atoms with E-state index in [4.69, 9.17) is 4.74 Å². The Morgan fingerprint density at radius 2 is 2.50 bits per heavy atom. The highest BCUT2D eigenvalue weighted by molar-refractivity contribution is 9.10. The van der Waals surface area contributed by atoms with E-state index in [1.165, 1.54) is 12.1 Å². The average Bonchev–Trinajstić information content (AvgIpc) is 2.49. The number of aromatic nitrogens is 2. The number of ether oxygens (including phenoxy) is 1. The maximum Gasteiger partial charge on any atom is 0.138 e. The van der Waals surface area contributed by atoms with Crippen LogP contribution < -0.4 is 0 Å². The molecule has 0 bridgehead atoms. The second kappa shape index (κ2) is 2.61. The molecule has 3 rings (SSSR count). The number of nitrogens with zero attached hydrogens (tertiary/aromatic N) is 2. The van der Waals surface area contributed by atoms with Gasteiger partial charge in [0.05, 0.1) is 22.5 Å². The molecule has 0 radical (unpaired) electrons. The fraction of sp³-hybridized carbons (Fsp3) is 0.700. The summed E-state index contributed by atoms with van der Waals surface area (Å²) in [5, 5.41) is 4.25. The Morgan fingerprint density at radius 1 is 1.71 bits per heavy atom. The van der Waals surface area contributed by atoms with Gasteiger partial charge in [-0.15, -0.1) is 0 Å². The van der Waals surface area contributed by atoms with Crippen molar-refractivity contribution in [1.29, 1.82) is 0 Å². The van der Waals surface area contributed by atoms with E-state index in [1.807, 2.05) is 17.9 Å². The van der Waals surface area contributed by atoms with E-state index in [0.29, 0.717) is 6.10 Å². The molecule has 1 aliphatic carbocycles. The first-order chi connectivity index (χ1) is 6.63. The van der Waals surface area contributed by atoms with Gasteiger partial charge in [-0.25, -0.2) is 0 Å². The van der Waals surface area contributed by atoms with Crippen molar-refractivity contribution >= 4 is 15.9 Å². The third-order valence-electron chi connectivity index (χ3n) is 3.38. The van der Waals surface area contributed by atoms with Gasteiger partial charge in [0, 0.05) is 7.05 Å². The van der Waals surface area contributed by atoms with Gasteiger partial charge in [-0.2, -0.15) is 5.10 Å². The fourth-order valence-electron chi connectivity index (χ4n) is 2.80. The molecule has 0 amide bonds. The molecule has 14 heavy (non-hydrogen) atoms. The second-order valence-corrected chi connectivity index (χ2v) is 5.36. The molecule has 2 heterocycles. The summed E-state index contributed by atoms with van der Waals surface area (Å²) in [6.07, 6.45) is 4.61. The van der Waals surface area contributed by atoms with Crippen molar-refractivity contribution in [2.24, 2.45) is 13.0 Å². The van der Waals surface area contributed by atoms with E-state index < -0.39 is 0 Å². The minimum Gasteiger partial charge on any atom is -0.359 e. The topological polar surface area (TPSA) is 30.4 Å². The number of aryl methyl sites for hydroxylation is 1. The van der Waals surface area contributed by atoms with Crippen molar-refractivity contribution in [3.8, 4) is 0 Å². The van der Waals surface area contributed by atoms with Crippen LogP contribution in [-0.4, -0.2) is 15.9 Å². The number of halogens is 1. The van der Waals surface area contributed by atoms with Crippen LogP contribution in [0.1, 0.15) is 25.5 Å². The fourth-order valence-corrected chi connectivity index (χ4v) is 3.48. The molecule has 0 N–H and O–H groups in total. The highest BCUT2D eigenvalue weighted by atomic mass is 79.9. The van der Waals surface area contributed by atoms with Crippen molar-refractivity contribution < 1.29 is 4.74 Å². The minimum absolute atomic E-state index is 0.0104. The SMILES string of the molecule is C[C@@H]1C[C@H]2O[C@@]2(c2c(Br)cnn2C)C1. The molecule has 0 unspecified atom stereocenters. The molecule has 1 saturated heterocycles. The summed E-state index contributed by atoms with van der Waals surface area (Å²) in [6, 6.07) is 0. The molecule has 0 spiro atoms. The van der Waals surface area contributed by atoms with Crippen molar-refractivity contribution in [3.63, 3.8) is 0 Å². The van der Waals surface area contributed by atoms with Crippen LogP contribution in [0.2, 0.25) is 0 Å². The van der Waals surface area contributed by atoms with Crippen molar-refractivity contribution in [3.05, 3.63) is 16.4 Å². The Hall–Kier alpha value is -0.350. The molecule has 2 aliphatic rings. The summed E-state index contributed by atoms with van der Waals surface area (Å²) >= 11 is 3.55. The Morgan fingerprint density at radius 3 is 3.00 bits per heavy atom. The molecular formula is C10H13BrN2O. The number of hydrogen-bond acceptors (Lipinski definition) is 2. The maximum absolute atomic E-state index is 5.83. The number of hydrogen-bond donors (Lipinski definition) is 0. The molecular weight excluding hydrogens is 244 g/mol. The van der Waals surface area contributed by atoms with Gasteiger partial charge in [-0.05, 0) is 34.7 Å². The molecule has 3 nitrogen and oxygen atoms in total. The second-order valence-electron chi connectivity index (χ2n) is 4.51. The van der Waals surface area contributed by atoms with Gasteiger partial charge in [-0.3, -0.25) is 4.68 Å². The van der Waals surface area contributed by atoms with E-state index in [2.05, 4.69) is 28.0 Å². The van der Waals surface area contributed by atoms with Gasteiger partial charge in [0.2, 0.25) is 0 Å². The van der Waals surface area contributed by atoms with Gasteiger partial charge in [-0.1, -0.05) is 6.92 Å². The zero-order valence-electron chi connectivity index (χ0n) is 8.33. The van der Waals surface area contributed by atoms with E-state index in [0.717, 1.165) is 16.8 Å². The van der Waals surface area contributed by atoms with Crippen LogP contribution in [0.25, 0.3) is 0 Å². The normalized spacial score (nSPS) is 39.9. The summed E-state index contributed by atoms with van der Waals surface area (Å²) < 4.78 is 8.84. The molecule has 2 fully saturated rings. The minimum atomic E-state index is -0.0104. The standard InChI is InChI=1S/C10H13BrN2O/c1-6-3-8-10(4-6,14-8)9-7(11)5-12-13(9)2/h5-6,8H,3-4H2,1-2H3/t6-,8-,10+/m1/s1. The smallest absolute Gasteiger partial charge is 0.138 e. The van der Waals surface area contributed by atoms with E-state index in [-0.39, 0.29) is 5.60 Å². The zero-order chi connectivity index (χ0) is 9.92. The monoisotopic (exact) mass is 256 g/mol. The van der Waals surface area contributed by atoms with Crippen LogP contribution >= 0.6 is 15.9 Å². The largest absolute Gasteiger partial charge is 0.359 e. The Bertz CT molecular complexity index is 370. The molecule has 1 aliphatic heterocycles. The van der Waals surface area contributed by atoms with Crippen molar-refractivity contribution in [1.82, 2.24) is 9.78 Å². The highest BCUT2D eigenvalue weighted by Crippen LogP contribution is 2.60. The molecule has 1 saturated carbocycles. The third kappa shape index (κ3) is 0.984. The first-order valence-electron chi connectivity index (χ1n) is 4.99. The molecule has 4 heteroatoms. The van der Waals surface area contributed by atoms with Gasteiger partial charge >= 0.3 is 0 Å². The van der Waals surface area contributed by atoms with Gasteiger partial charge in [0.1, 0.15) is 5.60 Å². The first kappa shape index (κ1) is 8.92. The predicted molar refractivity (Wildman–Crippen MR) is 55.9 cm³/mol. The summed E-state index contributed by atoms with van der Waals surface area (Å²) in [5.74, 6) is 0.774. The third-order valence-corrected chi connectivity index (χ3v) is 3.96. The molecule has 0 aromatic carbocycles. The van der Waals surface area contributed by atoms with Crippen molar-refractivity contribution in [2.45, 2.75) is 31.5 Å². The van der Waals surface area contributed by atoms with E-state index in [1.54, 1.807) is 0 Å². The van der Waals surface area contributed by atoms with Crippen molar-refractivity contribution in [2.75, 3.05) is 0 Å². The van der Waals surface area contributed by atoms with Crippen LogP contribution in [0.3, 0.4) is 0 Å². The van der Waals surface area contributed by atoms with Gasteiger partial charge in [0.25, 0.3) is 0 Å². The Balaban J connectivity index is 2.04. The Labute approximate surface area is 91.6 Å². The van der Waals surface area contributed by atoms with E-state index >= 15 is 0 Å². The first-order valence-corrected chi connectivity index (χ1v) is 5.78. The summed E-state index contributed by atoms with van der Waals surface area (Å²) in [6.45, 7) is 2.29. The van der Waals surface area contributed by atoms with Crippen LogP contribution in [-0.2, 0) is 17.4 Å². The highest BCUT2D eigenvalue weighted by Gasteiger charge is 2.64. The molecule has 76 valence electrons.